The molecule has 5 rings (SSSR count). The van der Waals surface area contributed by atoms with Gasteiger partial charge in [-0.3, -0.25) is 4.98 Å². The number of aryl methyl sites for hydroxylation is 1. The van der Waals surface area contributed by atoms with Crippen molar-refractivity contribution in [3.05, 3.63) is 95.2 Å². The maximum absolute atomic E-state index is 9.11. The van der Waals surface area contributed by atoms with E-state index in [0.717, 1.165) is 47.7 Å². The maximum Gasteiger partial charge on any atom is 0.139 e. The van der Waals surface area contributed by atoms with E-state index < -0.39 is 0 Å². The molecule has 0 spiro atoms. The fraction of sp³-hybridized carbons (Fsp3) is 0.148. The second-order valence-corrected chi connectivity index (χ2v) is 7.89. The zero-order valence-corrected chi connectivity index (χ0v) is 17.4. The zero-order chi connectivity index (χ0) is 21.2. The van der Waals surface area contributed by atoms with Crippen LogP contribution < -0.4 is 5.32 Å². The molecule has 4 nitrogen and oxygen atoms in total. The van der Waals surface area contributed by atoms with E-state index >= 15 is 0 Å². The molecule has 1 aliphatic rings. The van der Waals surface area contributed by atoms with Crippen molar-refractivity contribution in [2.75, 3.05) is 5.32 Å². The van der Waals surface area contributed by atoms with Crippen molar-refractivity contribution in [2.24, 2.45) is 0 Å². The summed E-state index contributed by atoms with van der Waals surface area (Å²) >= 11 is 0. The molecule has 1 aliphatic carbocycles. The number of anilines is 2. The number of nitrogens with zero attached hydrogens (tertiary/aromatic N) is 3. The van der Waals surface area contributed by atoms with Gasteiger partial charge in [0.2, 0.25) is 0 Å². The summed E-state index contributed by atoms with van der Waals surface area (Å²) in [4.78, 5) is 9.70. The summed E-state index contributed by atoms with van der Waals surface area (Å²) in [5.74, 6) is 0.829. The molecule has 0 amide bonds. The van der Waals surface area contributed by atoms with E-state index in [1.807, 2.05) is 48.7 Å². The quantitative estimate of drug-likeness (QED) is 0.440. The first kappa shape index (κ1) is 19.0. The highest BCUT2D eigenvalue weighted by Gasteiger charge is 2.25. The van der Waals surface area contributed by atoms with Crippen LogP contribution >= 0.6 is 0 Å². The van der Waals surface area contributed by atoms with E-state index in [-0.39, 0.29) is 0 Å². The van der Waals surface area contributed by atoms with Crippen LogP contribution in [0.5, 0.6) is 0 Å². The zero-order valence-electron chi connectivity index (χ0n) is 17.4. The van der Waals surface area contributed by atoms with Gasteiger partial charge in [0.25, 0.3) is 0 Å². The second kappa shape index (κ2) is 8.04. The molecule has 2 aromatic heterocycles. The van der Waals surface area contributed by atoms with Crippen molar-refractivity contribution in [1.29, 1.82) is 5.26 Å². The van der Waals surface area contributed by atoms with Gasteiger partial charge in [0.05, 0.1) is 23.0 Å². The highest BCUT2D eigenvalue weighted by Crippen LogP contribution is 2.42. The molecule has 0 aliphatic heterocycles. The van der Waals surface area contributed by atoms with E-state index in [2.05, 4.69) is 47.6 Å². The Morgan fingerprint density at radius 3 is 2.39 bits per heavy atom. The molecule has 0 radical (unpaired) electrons. The van der Waals surface area contributed by atoms with E-state index in [1.54, 1.807) is 0 Å². The Morgan fingerprint density at radius 1 is 0.903 bits per heavy atom. The van der Waals surface area contributed by atoms with Crippen LogP contribution in [-0.2, 0) is 12.8 Å². The fourth-order valence-corrected chi connectivity index (χ4v) is 4.26. The van der Waals surface area contributed by atoms with Crippen LogP contribution in [0.1, 0.15) is 28.7 Å². The van der Waals surface area contributed by atoms with Crippen molar-refractivity contribution in [1.82, 2.24) is 9.97 Å². The molecular weight excluding hydrogens is 380 g/mol. The highest BCUT2D eigenvalue weighted by molar-refractivity contribution is 5.85. The molecule has 1 N–H and O–H groups in total. The Labute approximate surface area is 182 Å². The normalized spacial score (nSPS) is 12.3. The van der Waals surface area contributed by atoms with Crippen LogP contribution in [0.15, 0.2) is 72.9 Å². The Balaban J connectivity index is 1.71. The topological polar surface area (TPSA) is 61.6 Å². The number of benzene rings is 2. The van der Waals surface area contributed by atoms with Crippen molar-refractivity contribution >= 4 is 11.5 Å². The Morgan fingerprint density at radius 2 is 1.68 bits per heavy atom. The number of hydrogen-bond donors (Lipinski definition) is 1. The van der Waals surface area contributed by atoms with E-state index in [9.17, 15) is 0 Å². The summed E-state index contributed by atoms with van der Waals surface area (Å²) in [6, 6.07) is 24.3. The third-order valence-electron chi connectivity index (χ3n) is 5.79. The Kier molecular flexibility index (Phi) is 4.93. The van der Waals surface area contributed by atoms with Gasteiger partial charge in [0, 0.05) is 17.4 Å². The van der Waals surface area contributed by atoms with Crippen LogP contribution in [-0.4, -0.2) is 9.97 Å². The number of pyridine rings is 2. The molecule has 31 heavy (non-hydrogen) atoms. The van der Waals surface area contributed by atoms with Gasteiger partial charge in [-0.1, -0.05) is 35.9 Å². The summed E-state index contributed by atoms with van der Waals surface area (Å²) in [7, 11) is 0. The third kappa shape index (κ3) is 3.67. The lowest BCUT2D eigenvalue weighted by Gasteiger charge is -2.19. The fourth-order valence-electron chi connectivity index (χ4n) is 4.26. The van der Waals surface area contributed by atoms with Crippen molar-refractivity contribution in [3.63, 3.8) is 0 Å². The molecule has 0 saturated heterocycles. The Hall–Kier alpha value is -3.97. The molecule has 0 saturated carbocycles. The standard InChI is InChI=1S/C27H22N4/c1-18-8-12-20(13-9-18)25-22-5-4-6-23(22)26(24-7-2-3-16-29-24)31-27(25)30-21-14-10-19(17-28)11-15-21/h2-3,7-16H,4-6H2,1H3,(H,30,31). The predicted molar refractivity (Wildman–Crippen MR) is 124 cm³/mol. The molecule has 150 valence electrons. The van der Waals surface area contributed by atoms with Gasteiger partial charge < -0.3 is 5.32 Å². The molecule has 0 bridgehead atoms. The summed E-state index contributed by atoms with van der Waals surface area (Å²) < 4.78 is 0. The van der Waals surface area contributed by atoms with Crippen molar-refractivity contribution < 1.29 is 0 Å². The maximum atomic E-state index is 9.11. The molecule has 2 heterocycles. The van der Waals surface area contributed by atoms with Gasteiger partial charge in [-0.2, -0.15) is 5.26 Å². The van der Waals surface area contributed by atoms with Gasteiger partial charge in [0.1, 0.15) is 5.82 Å². The van der Waals surface area contributed by atoms with Crippen LogP contribution in [0, 0.1) is 18.3 Å². The monoisotopic (exact) mass is 402 g/mol. The lowest BCUT2D eigenvalue weighted by Crippen LogP contribution is -2.04. The van der Waals surface area contributed by atoms with Gasteiger partial charge in [-0.15, -0.1) is 0 Å². The average molecular weight is 403 g/mol. The Bertz CT molecular complexity index is 1270. The summed E-state index contributed by atoms with van der Waals surface area (Å²) in [6.45, 7) is 2.10. The number of nitrogens with one attached hydrogen (secondary N) is 1. The number of fused-ring (bicyclic) bond motifs is 1. The lowest BCUT2D eigenvalue weighted by molar-refractivity contribution is 0.911. The van der Waals surface area contributed by atoms with Crippen LogP contribution in [0.25, 0.3) is 22.5 Å². The SMILES string of the molecule is Cc1ccc(-c2c(Nc3ccc(C#N)cc3)nc(-c3ccccn3)c3c2CCC3)cc1. The molecule has 0 fully saturated rings. The molecule has 4 aromatic rings. The number of hydrogen-bond acceptors (Lipinski definition) is 4. The number of aromatic nitrogens is 2. The largest absolute Gasteiger partial charge is 0.340 e. The lowest BCUT2D eigenvalue weighted by atomic mass is 9.95. The smallest absolute Gasteiger partial charge is 0.139 e. The minimum Gasteiger partial charge on any atom is -0.340 e. The van der Waals surface area contributed by atoms with E-state index in [1.165, 1.54) is 22.3 Å². The van der Waals surface area contributed by atoms with Crippen LogP contribution in [0.4, 0.5) is 11.5 Å². The second-order valence-electron chi connectivity index (χ2n) is 7.89. The van der Waals surface area contributed by atoms with Gasteiger partial charge in [-0.05, 0) is 79.3 Å². The minimum atomic E-state index is 0.639. The van der Waals surface area contributed by atoms with Crippen LogP contribution in [0.3, 0.4) is 0 Å². The average Bonchev–Trinajstić information content (AvgIpc) is 3.30. The minimum absolute atomic E-state index is 0.639. The highest BCUT2D eigenvalue weighted by atomic mass is 15.0. The third-order valence-corrected chi connectivity index (χ3v) is 5.79. The van der Waals surface area contributed by atoms with Gasteiger partial charge >= 0.3 is 0 Å². The molecule has 0 unspecified atom stereocenters. The van der Waals surface area contributed by atoms with Gasteiger partial charge in [0.15, 0.2) is 0 Å². The molecular formula is C27H22N4. The van der Waals surface area contributed by atoms with Crippen molar-refractivity contribution in [2.45, 2.75) is 26.2 Å². The molecule has 4 heteroatoms. The first-order chi connectivity index (χ1) is 15.2. The molecule has 0 atom stereocenters. The van der Waals surface area contributed by atoms with E-state index in [4.69, 9.17) is 10.2 Å². The van der Waals surface area contributed by atoms with Gasteiger partial charge in [-0.25, -0.2) is 4.98 Å². The number of rotatable bonds is 4. The number of nitriles is 1. The summed E-state index contributed by atoms with van der Waals surface area (Å²) in [5.41, 5.74) is 9.64. The van der Waals surface area contributed by atoms with Crippen molar-refractivity contribution in [3.8, 4) is 28.6 Å². The first-order valence-electron chi connectivity index (χ1n) is 10.5. The van der Waals surface area contributed by atoms with Crippen LogP contribution in [0.2, 0.25) is 0 Å². The molecule has 2 aromatic carbocycles. The summed E-state index contributed by atoms with van der Waals surface area (Å²) in [6.07, 6.45) is 4.99. The van der Waals surface area contributed by atoms with E-state index in [0.29, 0.717) is 5.56 Å². The predicted octanol–water partition coefficient (Wildman–Crippen LogP) is 6.22. The first-order valence-corrected chi connectivity index (χ1v) is 10.5. The summed E-state index contributed by atoms with van der Waals surface area (Å²) in [5, 5.41) is 12.6.